The third kappa shape index (κ3) is 3.19. The van der Waals surface area contributed by atoms with Crippen LogP contribution in [0.15, 0.2) is 24.3 Å². The van der Waals surface area contributed by atoms with Crippen LogP contribution in [-0.2, 0) is 11.0 Å². The van der Waals surface area contributed by atoms with Crippen molar-refractivity contribution in [1.29, 1.82) is 5.26 Å². The Bertz CT molecular complexity index is 1120. The SMILES string of the molecule is Cc1ccc(N2C(=S)N(c3ccc(C#N)c(C(F)(F)F)c3F)C(=O)C2(C)C)c(C)n1. The van der Waals surface area contributed by atoms with Gasteiger partial charge in [-0.2, -0.15) is 18.4 Å². The number of halogens is 4. The van der Waals surface area contributed by atoms with Crippen molar-refractivity contribution in [2.45, 2.75) is 39.4 Å². The Hall–Kier alpha value is -3.06. The molecule has 1 aliphatic rings. The normalized spacial score (nSPS) is 16.2. The summed E-state index contributed by atoms with van der Waals surface area (Å²) in [4.78, 5) is 19.6. The number of pyridine rings is 1. The summed E-state index contributed by atoms with van der Waals surface area (Å²) in [5.74, 6) is -2.43. The predicted molar refractivity (Wildman–Crippen MR) is 106 cm³/mol. The van der Waals surface area contributed by atoms with E-state index in [0.29, 0.717) is 11.4 Å². The van der Waals surface area contributed by atoms with Crippen LogP contribution in [0.4, 0.5) is 28.9 Å². The predicted octanol–water partition coefficient (Wildman–Crippen LogP) is 4.64. The minimum absolute atomic E-state index is 0.185. The molecule has 1 saturated heterocycles. The van der Waals surface area contributed by atoms with Crippen LogP contribution in [0, 0.1) is 31.0 Å². The summed E-state index contributed by atoms with van der Waals surface area (Å²) in [6.07, 6.45) is -5.12. The minimum atomic E-state index is -5.12. The number of thiocarbonyl (C=S) groups is 1. The van der Waals surface area contributed by atoms with Gasteiger partial charge >= 0.3 is 6.18 Å². The zero-order valence-corrected chi connectivity index (χ0v) is 17.2. The Balaban J connectivity index is 2.21. The fourth-order valence-electron chi connectivity index (χ4n) is 3.44. The van der Waals surface area contributed by atoms with Gasteiger partial charge in [-0.3, -0.25) is 14.7 Å². The first kappa shape index (κ1) is 21.6. The lowest BCUT2D eigenvalue weighted by atomic mass is 10.0. The minimum Gasteiger partial charge on any atom is -0.302 e. The summed E-state index contributed by atoms with van der Waals surface area (Å²) in [6.45, 7) is 6.56. The number of amides is 1. The van der Waals surface area contributed by atoms with Gasteiger partial charge in [-0.25, -0.2) is 4.39 Å². The first-order chi connectivity index (χ1) is 13.8. The Labute approximate surface area is 175 Å². The molecule has 0 spiro atoms. The number of anilines is 2. The van der Waals surface area contributed by atoms with Crippen LogP contribution in [-0.4, -0.2) is 21.5 Å². The highest BCUT2D eigenvalue weighted by atomic mass is 32.1. The van der Waals surface area contributed by atoms with Crippen molar-refractivity contribution in [3.8, 4) is 6.07 Å². The molecule has 1 aromatic heterocycles. The number of rotatable bonds is 2. The molecule has 3 rings (SSSR count). The number of carbonyl (C=O) groups excluding carboxylic acids is 1. The van der Waals surface area contributed by atoms with E-state index in [0.717, 1.165) is 22.7 Å². The number of aromatic nitrogens is 1. The van der Waals surface area contributed by atoms with Crippen molar-refractivity contribution in [2.75, 3.05) is 9.80 Å². The molecule has 10 heteroatoms. The summed E-state index contributed by atoms with van der Waals surface area (Å²) in [5.41, 5.74) is -2.82. The van der Waals surface area contributed by atoms with Crippen LogP contribution in [0.25, 0.3) is 0 Å². The zero-order valence-electron chi connectivity index (χ0n) is 16.4. The zero-order chi connectivity index (χ0) is 22.6. The molecule has 30 heavy (non-hydrogen) atoms. The maximum Gasteiger partial charge on any atom is 0.420 e. The van der Waals surface area contributed by atoms with E-state index >= 15 is 0 Å². The van der Waals surface area contributed by atoms with Gasteiger partial charge in [-0.05, 0) is 64.2 Å². The fraction of sp³-hybridized carbons (Fsp3) is 0.300. The largest absolute Gasteiger partial charge is 0.420 e. The lowest BCUT2D eigenvalue weighted by Crippen LogP contribution is -2.44. The number of alkyl halides is 3. The standard InChI is InChI=1S/C20H16F4N4OS/c1-10-5-7-13(11(2)26-10)28-18(30)27(17(29)19(28,3)4)14-8-6-12(9-25)15(16(14)21)20(22,23)24/h5-8H,1-4H3. The van der Waals surface area contributed by atoms with Crippen LogP contribution in [0.2, 0.25) is 0 Å². The number of nitrogens with zero attached hydrogens (tertiary/aromatic N) is 4. The Morgan fingerprint density at radius 3 is 2.27 bits per heavy atom. The van der Waals surface area contributed by atoms with Gasteiger partial charge in [0.05, 0.1) is 28.7 Å². The summed E-state index contributed by atoms with van der Waals surface area (Å²) in [6, 6.07) is 6.51. The van der Waals surface area contributed by atoms with Gasteiger partial charge in [0.15, 0.2) is 10.9 Å². The van der Waals surface area contributed by atoms with E-state index in [1.54, 1.807) is 26.0 Å². The highest BCUT2D eigenvalue weighted by molar-refractivity contribution is 7.81. The third-order valence-electron chi connectivity index (χ3n) is 4.87. The molecule has 0 unspecified atom stereocenters. The van der Waals surface area contributed by atoms with Gasteiger partial charge in [0, 0.05) is 5.69 Å². The first-order valence-corrected chi connectivity index (χ1v) is 9.16. The second-order valence-corrected chi connectivity index (χ2v) is 7.67. The molecule has 0 atom stereocenters. The summed E-state index contributed by atoms with van der Waals surface area (Å²) >= 11 is 5.39. The highest BCUT2D eigenvalue weighted by Crippen LogP contribution is 2.42. The third-order valence-corrected chi connectivity index (χ3v) is 5.24. The summed E-state index contributed by atoms with van der Waals surface area (Å²) < 4.78 is 55.2. The van der Waals surface area contributed by atoms with Crippen LogP contribution in [0.5, 0.6) is 0 Å². The first-order valence-electron chi connectivity index (χ1n) is 8.75. The smallest absolute Gasteiger partial charge is 0.302 e. The molecular weight excluding hydrogens is 420 g/mol. The lowest BCUT2D eigenvalue weighted by molar-refractivity contribution is -0.140. The molecule has 0 radical (unpaired) electrons. The molecule has 1 fully saturated rings. The van der Waals surface area contributed by atoms with E-state index < -0.39 is 40.3 Å². The molecule has 1 amide bonds. The molecule has 0 aliphatic carbocycles. The van der Waals surface area contributed by atoms with Gasteiger partial charge in [-0.15, -0.1) is 0 Å². The molecule has 0 N–H and O–H groups in total. The van der Waals surface area contributed by atoms with Gasteiger partial charge in [0.25, 0.3) is 5.91 Å². The molecule has 5 nitrogen and oxygen atoms in total. The average molecular weight is 436 g/mol. The molecule has 0 saturated carbocycles. The van der Waals surface area contributed by atoms with E-state index in [-0.39, 0.29) is 5.11 Å². The van der Waals surface area contributed by atoms with Crippen molar-refractivity contribution in [2.24, 2.45) is 0 Å². The number of carbonyl (C=O) groups is 1. The second kappa shape index (κ2) is 7.02. The van der Waals surface area contributed by atoms with Crippen molar-refractivity contribution in [3.05, 3.63) is 52.6 Å². The molecule has 156 valence electrons. The maximum absolute atomic E-state index is 15.0. The number of benzene rings is 1. The van der Waals surface area contributed by atoms with E-state index in [1.165, 1.54) is 24.8 Å². The lowest BCUT2D eigenvalue weighted by Gasteiger charge is -2.30. The topological polar surface area (TPSA) is 60.2 Å². The Kier molecular flexibility index (Phi) is 5.07. The molecule has 1 aliphatic heterocycles. The van der Waals surface area contributed by atoms with Gasteiger partial charge in [0.2, 0.25) is 0 Å². The molecule has 0 bridgehead atoms. The number of aryl methyl sites for hydroxylation is 2. The van der Waals surface area contributed by atoms with Gasteiger partial charge < -0.3 is 4.90 Å². The number of hydrogen-bond acceptors (Lipinski definition) is 4. The molecule has 1 aromatic carbocycles. The van der Waals surface area contributed by atoms with Crippen LogP contribution < -0.4 is 9.80 Å². The van der Waals surface area contributed by atoms with Crippen molar-refractivity contribution in [1.82, 2.24) is 4.98 Å². The van der Waals surface area contributed by atoms with E-state index in [2.05, 4.69) is 4.98 Å². The maximum atomic E-state index is 15.0. The second-order valence-electron chi connectivity index (χ2n) is 7.31. The summed E-state index contributed by atoms with van der Waals surface area (Å²) in [7, 11) is 0. The molecule has 2 aromatic rings. The van der Waals surface area contributed by atoms with Gasteiger partial charge in [-0.1, -0.05) is 0 Å². The van der Waals surface area contributed by atoms with Crippen LogP contribution in [0.1, 0.15) is 36.4 Å². The molecular formula is C20H16F4N4OS. The number of hydrogen-bond donors (Lipinski definition) is 0. The quantitative estimate of drug-likeness (QED) is 0.507. The van der Waals surface area contributed by atoms with E-state index in [9.17, 15) is 22.4 Å². The molecule has 2 heterocycles. The van der Waals surface area contributed by atoms with Crippen molar-refractivity contribution in [3.63, 3.8) is 0 Å². The van der Waals surface area contributed by atoms with Gasteiger partial charge in [0.1, 0.15) is 11.1 Å². The summed E-state index contributed by atoms with van der Waals surface area (Å²) in [5, 5.41) is 8.77. The van der Waals surface area contributed by atoms with Crippen LogP contribution >= 0.6 is 12.2 Å². The van der Waals surface area contributed by atoms with Crippen molar-refractivity contribution < 1.29 is 22.4 Å². The van der Waals surface area contributed by atoms with E-state index in [4.69, 9.17) is 17.5 Å². The fourth-order valence-corrected chi connectivity index (χ4v) is 3.94. The Morgan fingerprint density at radius 1 is 1.13 bits per heavy atom. The Morgan fingerprint density at radius 2 is 1.73 bits per heavy atom. The highest BCUT2D eigenvalue weighted by Gasteiger charge is 2.52. The monoisotopic (exact) mass is 436 g/mol. The van der Waals surface area contributed by atoms with E-state index in [1.807, 2.05) is 0 Å². The van der Waals surface area contributed by atoms with Crippen molar-refractivity contribution >= 4 is 34.6 Å². The average Bonchev–Trinajstić information content (AvgIpc) is 2.80. The van der Waals surface area contributed by atoms with Crippen LogP contribution in [0.3, 0.4) is 0 Å². The number of nitriles is 1.